The van der Waals surface area contributed by atoms with Gasteiger partial charge in [0.1, 0.15) is 6.04 Å². The van der Waals surface area contributed by atoms with Gasteiger partial charge in [-0.15, -0.1) is 11.3 Å². The average molecular weight is 584 g/mol. The van der Waals surface area contributed by atoms with Crippen molar-refractivity contribution in [2.75, 3.05) is 38.5 Å². The van der Waals surface area contributed by atoms with E-state index < -0.39 is 28.2 Å². The second-order valence-electron chi connectivity index (χ2n) is 10.7. The SMILES string of the molecule is O=C(NCc1cccs1)[C@@H]1CN(C(=O)O)CCN1C(=O)C(CCCCN1CCCS1(=O)=O)NC1CCCCC1. The molecule has 11 nitrogen and oxygen atoms in total. The zero-order valence-electron chi connectivity index (χ0n) is 22.4. The summed E-state index contributed by atoms with van der Waals surface area (Å²) in [4.78, 5) is 42.6. The Labute approximate surface area is 235 Å². The van der Waals surface area contributed by atoms with Crippen LogP contribution in [0, 0.1) is 0 Å². The van der Waals surface area contributed by atoms with Gasteiger partial charge >= 0.3 is 6.09 Å². The predicted octanol–water partition coefficient (Wildman–Crippen LogP) is 2.05. The second-order valence-corrected chi connectivity index (χ2v) is 13.8. The van der Waals surface area contributed by atoms with E-state index in [4.69, 9.17) is 0 Å². The third-order valence-corrected chi connectivity index (χ3v) is 10.8. The first kappa shape index (κ1) is 29.8. The van der Waals surface area contributed by atoms with Crippen LogP contribution in [0.2, 0.25) is 0 Å². The monoisotopic (exact) mass is 583 g/mol. The summed E-state index contributed by atoms with van der Waals surface area (Å²) in [6, 6.07) is 2.61. The molecule has 1 saturated carbocycles. The molecule has 39 heavy (non-hydrogen) atoms. The van der Waals surface area contributed by atoms with Crippen molar-refractivity contribution in [2.24, 2.45) is 0 Å². The van der Waals surface area contributed by atoms with E-state index in [0.717, 1.165) is 30.6 Å². The van der Waals surface area contributed by atoms with Gasteiger partial charge in [0.2, 0.25) is 21.8 Å². The van der Waals surface area contributed by atoms with Gasteiger partial charge in [-0.05, 0) is 43.6 Å². The molecular formula is C26H41N5O6S2. The summed E-state index contributed by atoms with van der Waals surface area (Å²) >= 11 is 1.52. The van der Waals surface area contributed by atoms with E-state index in [1.807, 2.05) is 17.5 Å². The summed E-state index contributed by atoms with van der Waals surface area (Å²) < 4.78 is 25.8. The van der Waals surface area contributed by atoms with Crippen LogP contribution >= 0.6 is 11.3 Å². The summed E-state index contributed by atoms with van der Waals surface area (Å²) in [6.07, 6.45) is 6.81. The maximum Gasteiger partial charge on any atom is 0.407 e. The van der Waals surface area contributed by atoms with Crippen molar-refractivity contribution in [1.29, 1.82) is 0 Å². The van der Waals surface area contributed by atoms with Gasteiger partial charge < -0.3 is 25.5 Å². The van der Waals surface area contributed by atoms with Crippen molar-refractivity contribution < 1.29 is 27.9 Å². The summed E-state index contributed by atoms with van der Waals surface area (Å²) in [7, 11) is -3.15. The highest BCUT2D eigenvalue weighted by atomic mass is 32.2. The quantitative estimate of drug-likeness (QED) is 0.339. The van der Waals surface area contributed by atoms with Crippen LogP contribution in [0.4, 0.5) is 4.79 Å². The van der Waals surface area contributed by atoms with Crippen LogP contribution in [0.1, 0.15) is 62.7 Å². The number of carboxylic acid groups (broad SMARTS) is 1. The molecule has 0 aromatic carbocycles. The largest absolute Gasteiger partial charge is 0.465 e. The molecule has 2 saturated heterocycles. The smallest absolute Gasteiger partial charge is 0.407 e. The van der Waals surface area contributed by atoms with Crippen LogP contribution in [0.5, 0.6) is 0 Å². The van der Waals surface area contributed by atoms with Gasteiger partial charge in [0, 0.05) is 37.1 Å². The lowest BCUT2D eigenvalue weighted by Crippen LogP contribution is -2.64. The first-order valence-corrected chi connectivity index (χ1v) is 16.6. The fourth-order valence-electron chi connectivity index (χ4n) is 5.76. The van der Waals surface area contributed by atoms with Crippen molar-refractivity contribution in [2.45, 2.75) is 82.5 Å². The third kappa shape index (κ3) is 8.15. The van der Waals surface area contributed by atoms with Gasteiger partial charge in [0.15, 0.2) is 0 Å². The second kappa shape index (κ2) is 13.9. The number of nitrogens with one attached hydrogen (secondary N) is 2. The maximum absolute atomic E-state index is 14.0. The highest BCUT2D eigenvalue weighted by Gasteiger charge is 2.39. The number of carbonyl (C=O) groups excluding carboxylic acids is 2. The molecule has 3 aliphatic rings. The lowest BCUT2D eigenvalue weighted by Gasteiger charge is -2.41. The molecule has 2 atom stereocenters. The molecule has 0 spiro atoms. The Morgan fingerprint density at radius 3 is 2.54 bits per heavy atom. The Bertz CT molecular complexity index is 1080. The zero-order valence-corrected chi connectivity index (χ0v) is 24.1. The summed E-state index contributed by atoms with van der Waals surface area (Å²) in [6.45, 7) is 1.57. The Morgan fingerprint density at radius 1 is 1.08 bits per heavy atom. The van der Waals surface area contributed by atoms with Crippen LogP contribution in [-0.2, 0) is 26.2 Å². The minimum atomic E-state index is -3.15. The lowest BCUT2D eigenvalue weighted by molar-refractivity contribution is -0.145. The molecule has 1 aliphatic carbocycles. The van der Waals surface area contributed by atoms with Crippen molar-refractivity contribution >= 4 is 39.3 Å². The number of hydrogen-bond acceptors (Lipinski definition) is 7. The van der Waals surface area contributed by atoms with Gasteiger partial charge in [0.25, 0.3) is 0 Å². The van der Waals surface area contributed by atoms with Gasteiger partial charge in [-0.3, -0.25) is 9.59 Å². The van der Waals surface area contributed by atoms with Crippen molar-refractivity contribution in [3.05, 3.63) is 22.4 Å². The first-order valence-electron chi connectivity index (χ1n) is 14.1. The molecule has 218 valence electrons. The molecule has 0 radical (unpaired) electrons. The van der Waals surface area contributed by atoms with E-state index in [0.29, 0.717) is 45.3 Å². The standard InChI is InChI=1S/C26H41N5O6S2/c32-24(27-18-21-10-6-16-38-21)23-19-29(26(34)35)14-15-31(23)25(33)22(28-20-8-2-1-3-9-20)11-4-5-12-30-13-7-17-39(30,36)37/h6,10,16,20,22-23,28H,1-5,7-9,11-15,17-19H2,(H,27,32)(H,34,35)/t22?,23-/m0/s1. The number of hydrogen-bond donors (Lipinski definition) is 3. The Morgan fingerprint density at radius 2 is 1.87 bits per heavy atom. The molecule has 13 heteroatoms. The van der Waals surface area contributed by atoms with Crippen molar-refractivity contribution in [3.8, 4) is 0 Å². The van der Waals surface area contributed by atoms with Crippen molar-refractivity contribution in [3.63, 3.8) is 0 Å². The highest BCUT2D eigenvalue weighted by Crippen LogP contribution is 2.22. The normalized spacial score (nSPS) is 23.0. The van der Waals surface area contributed by atoms with E-state index >= 15 is 0 Å². The van der Waals surface area contributed by atoms with Crippen LogP contribution in [-0.4, -0.2) is 102 Å². The van der Waals surface area contributed by atoms with Crippen LogP contribution in [0.15, 0.2) is 17.5 Å². The number of sulfonamides is 1. The minimum absolute atomic E-state index is 0.0691. The number of rotatable bonds is 11. The van der Waals surface area contributed by atoms with Gasteiger partial charge in [-0.2, -0.15) is 0 Å². The maximum atomic E-state index is 14.0. The van der Waals surface area contributed by atoms with E-state index in [-0.39, 0.29) is 43.2 Å². The minimum Gasteiger partial charge on any atom is -0.465 e. The Hall–Kier alpha value is -2.22. The molecule has 1 aromatic rings. The topological polar surface area (TPSA) is 139 Å². The molecule has 1 aromatic heterocycles. The molecule has 3 N–H and O–H groups in total. The fourth-order valence-corrected chi connectivity index (χ4v) is 7.97. The third-order valence-electron chi connectivity index (χ3n) is 7.95. The number of amides is 3. The molecular weight excluding hydrogens is 542 g/mol. The fraction of sp³-hybridized carbons (Fsp3) is 0.731. The number of piperazine rings is 1. The van der Waals surface area contributed by atoms with Crippen LogP contribution in [0.3, 0.4) is 0 Å². The molecule has 1 unspecified atom stereocenters. The van der Waals surface area contributed by atoms with Crippen LogP contribution in [0.25, 0.3) is 0 Å². The average Bonchev–Trinajstić information content (AvgIpc) is 3.57. The van der Waals surface area contributed by atoms with Gasteiger partial charge in [-0.25, -0.2) is 17.5 Å². The molecule has 0 bridgehead atoms. The number of carbonyl (C=O) groups is 3. The Balaban J connectivity index is 1.43. The number of nitrogens with zero attached hydrogens (tertiary/aromatic N) is 3. The van der Waals surface area contributed by atoms with Crippen molar-refractivity contribution in [1.82, 2.24) is 24.7 Å². The van der Waals surface area contributed by atoms with Crippen LogP contribution < -0.4 is 10.6 Å². The zero-order chi connectivity index (χ0) is 27.8. The molecule has 3 amide bonds. The van der Waals surface area contributed by atoms with E-state index in [1.54, 1.807) is 4.90 Å². The molecule has 3 fully saturated rings. The highest BCUT2D eigenvalue weighted by molar-refractivity contribution is 7.89. The molecule has 4 rings (SSSR count). The number of thiophene rings is 1. The van der Waals surface area contributed by atoms with E-state index in [1.165, 1.54) is 27.0 Å². The Kier molecular flexibility index (Phi) is 10.6. The van der Waals surface area contributed by atoms with Gasteiger partial charge in [-0.1, -0.05) is 31.7 Å². The van der Waals surface area contributed by atoms with Gasteiger partial charge in [0.05, 0.1) is 24.9 Å². The number of unbranched alkanes of at least 4 members (excludes halogenated alkanes) is 1. The molecule has 3 heterocycles. The summed E-state index contributed by atoms with van der Waals surface area (Å²) in [5.41, 5.74) is 0. The summed E-state index contributed by atoms with van der Waals surface area (Å²) in [5.74, 6) is -0.343. The van der Waals surface area contributed by atoms with E-state index in [9.17, 15) is 27.9 Å². The first-order chi connectivity index (χ1) is 18.7. The lowest BCUT2D eigenvalue weighted by atomic mass is 9.94. The predicted molar refractivity (Wildman–Crippen MR) is 149 cm³/mol. The molecule has 2 aliphatic heterocycles. The summed E-state index contributed by atoms with van der Waals surface area (Å²) in [5, 5.41) is 17.9. The van der Waals surface area contributed by atoms with E-state index in [2.05, 4.69) is 10.6 Å².